The van der Waals surface area contributed by atoms with E-state index in [0.717, 1.165) is 5.56 Å². The number of rotatable bonds is 4. The van der Waals surface area contributed by atoms with Gasteiger partial charge >= 0.3 is 0 Å². The maximum absolute atomic E-state index is 5.52. The average molecular weight is 250 g/mol. The predicted molar refractivity (Wildman–Crippen MR) is 66.0 cm³/mol. The Hall–Kier alpha value is -2.37. The lowest BCUT2D eigenvalue weighted by atomic mass is 10.1. The highest BCUT2D eigenvalue weighted by Crippen LogP contribution is 2.41. The van der Waals surface area contributed by atoms with Crippen molar-refractivity contribution in [1.82, 2.24) is 5.16 Å². The largest absolute Gasteiger partial charge is 0.493 e. The van der Waals surface area contributed by atoms with Crippen LogP contribution in [0.4, 0.5) is 5.82 Å². The lowest BCUT2D eigenvalue weighted by molar-refractivity contribution is 0.324. The van der Waals surface area contributed by atoms with Gasteiger partial charge in [-0.05, 0) is 12.1 Å². The van der Waals surface area contributed by atoms with E-state index >= 15 is 0 Å². The third kappa shape index (κ3) is 2.04. The second kappa shape index (κ2) is 4.87. The zero-order valence-electron chi connectivity index (χ0n) is 10.4. The second-order valence-corrected chi connectivity index (χ2v) is 3.53. The fourth-order valence-corrected chi connectivity index (χ4v) is 1.65. The van der Waals surface area contributed by atoms with E-state index in [1.807, 2.05) is 0 Å². The minimum atomic E-state index is 0.318. The van der Waals surface area contributed by atoms with Crippen LogP contribution < -0.4 is 19.9 Å². The highest BCUT2D eigenvalue weighted by atomic mass is 16.5. The van der Waals surface area contributed by atoms with Crippen LogP contribution in [0.1, 0.15) is 0 Å². The molecule has 0 saturated heterocycles. The standard InChI is InChI=1S/C12H14N2O4/c1-15-9-4-7(8-6-11(13)14-18-8)5-10(16-2)12(9)17-3/h4-6H,1-3H3,(H2,13,14). The molecule has 1 aromatic carbocycles. The molecule has 18 heavy (non-hydrogen) atoms. The van der Waals surface area contributed by atoms with E-state index in [-0.39, 0.29) is 0 Å². The summed E-state index contributed by atoms with van der Waals surface area (Å²) < 4.78 is 20.8. The Morgan fingerprint density at radius 2 is 1.61 bits per heavy atom. The molecular formula is C12H14N2O4. The molecule has 0 amide bonds. The molecule has 6 heteroatoms. The molecule has 0 bridgehead atoms. The summed E-state index contributed by atoms with van der Waals surface area (Å²) in [7, 11) is 4.65. The monoisotopic (exact) mass is 250 g/mol. The fourth-order valence-electron chi connectivity index (χ4n) is 1.65. The molecule has 2 rings (SSSR count). The first-order chi connectivity index (χ1) is 8.69. The van der Waals surface area contributed by atoms with E-state index in [0.29, 0.717) is 28.8 Å². The van der Waals surface area contributed by atoms with E-state index in [4.69, 9.17) is 24.5 Å². The Balaban J connectivity index is 2.56. The van der Waals surface area contributed by atoms with Crippen LogP contribution in [0.2, 0.25) is 0 Å². The van der Waals surface area contributed by atoms with E-state index < -0.39 is 0 Å². The van der Waals surface area contributed by atoms with Crippen molar-refractivity contribution in [3.8, 4) is 28.6 Å². The topological polar surface area (TPSA) is 79.7 Å². The molecular weight excluding hydrogens is 236 g/mol. The summed E-state index contributed by atoms with van der Waals surface area (Å²) >= 11 is 0. The summed E-state index contributed by atoms with van der Waals surface area (Å²) in [6.07, 6.45) is 0. The number of ether oxygens (including phenoxy) is 3. The molecule has 96 valence electrons. The molecule has 0 aliphatic heterocycles. The van der Waals surface area contributed by atoms with Crippen molar-refractivity contribution in [2.24, 2.45) is 0 Å². The molecule has 1 heterocycles. The maximum atomic E-state index is 5.52. The van der Waals surface area contributed by atoms with E-state index in [1.165, 1.54) is 0 Å². The van der Waals surface area contributed by atoms with E-state index in [9.17, 15) is 0 Å². The highest BCUT2D eigenvalue weighted by Gasteiger charge is 2.16. The molecule has 0 fully saturated rings. The van der Waals surface area contributed by atoms with Gasteiger partial charge in [0.1, 0.15) is 0 Å². The second-order valence-electron chi connectivity index (χ2n) is 3.53. The first-order valence-corrected chi connectivity index (χ1v) is 5.22. The number of anilines is 1. The SMILES string of the molecule is COc1cc(-c2cc(N)no2)cc(OC)c1OC. The molecule has 0 spiro atoms. The highest BCUT2D eigenvalue weighted by molar-refractivity contribution is 5.68. The lowest BCUT2D eigenvalue weighted by Gasteiger charge is -2.12. The van der Waals surface area contributed by atoms with Gasteiger partial charge in [0.2, 0.25) is 5.75 Å². The van der Waals surface area contributed by atoms with Crippen LogP contribution in [-0.2, 0) is 0 Å². The Kier molecular flexibility index (Phi) is 3.27. The Morgan fingerprint density at radius 1 is 1.00 bits per heavy atom. The van der Waals surface area contributed by atoms with Gasteiger partial charge in [0.25, 0.3) is 0 Å². The van der Waals surface area contributed by atoms with Gasteiger partial charge in [0, 0.05) is 11.6 Å². The van der Waals surface area contributed by atoms with E-state index in [2.05, 4.69) is 5.16 Å². The van der Waals surface area contributed by atoms with Gasteiger partial charge in [-0.1, -0.05) is 5.16 Å². The Labute approximate surface area is 104 Å². The fraction of sp³-hybridized carbons (Fsp3) is 0.250. The quantitative estimate of drug-likeness (QED) is 0.893. The molecule has 2 aromatic rings. The Bertz CT molecular complexity index is 526. The number of hydrogen-bond donors (Lipinski definition) is 1. The van der Waals surface area contributed by atoms with Crippen molar-refractivity contribution in [3.63, 3.8) is 0 Å². The van der Waals surface area contributed by atoms with Crippen LogP contribution in [-0.4, -0.2) is 26.5 Å². The predicted octanol–water partition coefficient (Wildman–Crippen LogP) is 1.95. The number of aromatic nitrogens is 1. The van der Waals surface area contributed by atoms with Crippen molar-refractivity contribution in [1.29, 1.82) is 0 Å². The zero-order valence-corrected chi connectivity index (χ0v) is 10.4. The van der Waals surface area contributed by atoms with Crippen LogP contribution in [0, 0.1) is 0 Å². The third-order valence-electron chi connectivity index (χ3n) is 2.48. The number of benzene rings is 1. The molecule has 0 unspecified atom stereocenters. The molecule has 0 aliphatic carbocycles. The van der Waals surface area contributed by atoms with Crippen LogP contribution in [0.15, 0.2) is 22.7 Å². The Morgan fingerprint density at radius 3 is 2.00 bits per heavy atom. The number of nitrogen functional groups attached to an aromatic ring is 1. The summed E-state index contributed by atoms with van der Waals surface area (Å²) in [5, 5.41) is 3.64. The van der Waals surface area contributed by atoms with Crippen molar-refractivity contribution in [2.45, 2.75) is 0 Å². The lowest BCUT2D eigenvalue weighted by Crippen LogP contribution is -1.95. The molecule has 0 atom stereocenters. The number of nitrogens with zero attached hydrogens (tertiary/aromatic N) is 1. The molecule has 0 aliphatic rings. The summed E-state index contributed by atoms with van der Waals surface area (Å²) in [6, 6.07) is 5.16. The van der Waals surface area contributed by atoms with Gasteiger partial charge in [-0.25, -0.2) is 0 Å². The molecule has 2 N–H and O–H groups in total. The first-order valence-electron chi connectivity index (χ1n) is 5.22. The smallest absolute Gasteiger partial charge is 0.203 e. The van der Waals surface area contributed by atoms with Crippen molar-refractivity contribution < 1.29 is 18.7 Å². The van der Waals surface area contributed by atoms with Crippen molar-refractivity contribution in [2.75, 3.05) is 27.1 Å². The van der Waals surface area contributed by atoms with Gasteiger partial charge in [-0.15, -0.1) is 0 Å². The summed E-state index contributed by atoms with van der Waals surface area (Å²) in [5.74, 6) is 2.46. The van der Waals surface area contributed by atoms with E-state index in [1.54, 1.807) is 39.5 Å². The van der Waals surface area contributed by atoms with Crippen LogP contribution in [0.25, 0.3) is 11.3 Å². The summed E-state index contributed by atoms with van der Waals surface area (Å²) in [6.45, 7) is 0. The van der Waals surface area contributed by atoms with Crippen LogP contribution in [0.5, 0.6) is 17.2 Å². The summed E-state index contributed by atoms with van der Waals surface area (Å²) in [4.78, 5) is 0. The molecule has 0 saturated carbocycles. The van der Waals surface area contributed by atoms with Crippen LogP contribution in [0.3, 0.4) is 0 Å². The van der Waals surface area contributed by atoms with Crippen molar-refractivity contribution >= 4 is 5.82 Å². The van der Waals surface area contributed by atoms with Gasteiger partial charge in [-0.2, -0.15) is 0 Å². The molecule has 6 nitrogen and oxygen atoms in total. The zero-order chi connectivity index (χ0) is 13.1. The number of nitrogens with two attached hydrogens (primary N) is 1. The summed E-state index contributed by atoms with van der Waals surface area (Å²) in [5.41, 5.74) is 6.27. The normalized spacial score (nSPS) is 10.2. The molecule has 1 aromatic heterocycles. The average Bonchev–Trinajstić information content (AvgIpc) is 2.83. The minimum Gasteiger partial charge on any atom is -0.493 e. The van der Waals surface area contributed by atoms with Gasteiger partial charge < -0.3 is 24.5 Å². The van der Waals surface area contributed by atoms with Gasteiger partial charge in [0.05, 0.1) is 21.3 Å². The third-order valence-corrected chi connectivity index (χ3v) is 2.48. The van der Waals surface area contributed by atoms with Gasteiger partial charge in [0.15, 0.2) is 23.1 Å². The number of methoxy groups -OCH3 is 3. The first kappa shape index (κ1) is 12.1. The number of hydrogen-bond acceptors (Lipinski definition) is 6. The van der Waals surface area contributed by atoms with Crippen LogP contribution >= 0.6 is 0 Å². The van der Waals surface area contributed by atoms with Crippen molar-refractivity contribution in [3.05, 3.63) is 18.2 Å². The maximum Gasteiger partial charge on any atom is 0.203 e. The molecule has 0 radical (unpaired) electrons. The van der Waals surface area contributed by atoms with Gasteiger partial charge in [-0.3, -0.25) is 0 Å². The minimum absolute atomic E-state index is 0.318.